The Bertz CT molecular complexity index is 1110. The number of hydrogen-bond acceptors (Lipinski definition) is 4. The predicted molar refractivity (Wildman–Crippen MR) is 130 cm³/mol. The largest absolute Gasteiger partial charge is 0.488 e. The van der Waals surface area contributed by atoms with Crippen molar-refractivity contribution in [1.29, 1.82) is 0 Å². The molecule has 0 spiro atoms. The minimum atomic E-state index is -0.924. The quantitative estimate of drug-likeness (QED) is 0.261. The van der Waals surface area contributed by atoms with Gasteiger partial charge in [-0.1, -0.05) is 54.1 Å². The maximum Gasteiger partial charge on any atom is 0.252 e. The molecule has 6 nitrogen and oxygen atoms in total. The lowest BCUT2D eigenvalue weighted by atomic mass is 10.1. The fourth-order valence-corrected chi connectivity index (χ4v) is 3.13. The van der Waals surface area contributed by atoms with E-state index >= 15 is 0 Å². The summed E-state index contributed by atoms with van der Waals surface area (Å²) in [6.07, 6.45) is 1.50. The van der Waals surface area contributed by atoms with Crippen LogP contribution in [0, 0.1) is 12.8 Å². The van der Waals surface area contributed by atoms with Crippen LogP contribution in [0.4, 0.5) is 5.69 Å². The molecule has 1 atom stereocenters. The van der Waals surface area contributed by atoms with Crippen LogP contribution < -0.4 is 15.5 Å². The fraction of sp³-hybridized carbons (Fsp3) is 0.160. The lowest BCUT2D eigenvalue weighted by Crippen LogP contribution is -2.34. The molecule has 0 bridgehead atoms. The molecule has 0 saturated carbocycles. The first-order chi connectivity index (χ1) is 15.4. The summed E-state index contributed by atoms with van der Waals surface area (Å²) < 4.78 is 6.65. The molecule has 3 aromatic rings. The zero-order valence-electron chi connectivity index (χ0n) is 17.8. The third kappa shape index (κ3) is 6.52. The molecular formula is C25H24BrN3O3. The number of aryl methyl sites for hydroxylation is 1. The Morgan fingerprint density at radius 3 is 2.44 bits per heavy atom. The lowest BCUT2D eigenvalue weighted by Gasteiger charge is -2.12. The van der Waals surface area contributed by atoms with Gasteiger partial charge in [-0.15, -0.1) is 0 Å². The molecule has 164 valence electrons. The second-order valence-electron chi connectivity index (χ2n) is 7.24. The molecule has 3 rings (SSSR count). The maximum absolute atomic E-state index is 12.4. The minimum Gasteiger partial charge on any atom is -0.488 e. The van der Waals surface area contributed by atoms with Crippen molar-refractivity contribution in [3.05, 3.63) is 94.0 Å². The second kappa shape index (κ2) is 11.2. The van der Waals surface area contributed by atoms with E-state index in [1.807, 2.05) is 67.6 Å². The zero-order chi connectivity index (χ0) is 22.9. The summed E-state index contributed by atoms with van der Waals surface area (Å²) in [6.45, 7) is 3.98. The van der Waals surface area contributed by atoms with Crippen molar-refractivity contribution < 1.29 is 14.3 Å². The van der Waals surface area contributed by atoms with Crippen LogP contribution in [0.2, 0.25) is 0 Å². The number of rotatable bonds is 8. The van der Waals surface area contributed by atoms with Crippen LogP contribution in [0.25, 0.3) is 0 Å². The van der Waals surface area contributed by atoms with Gasteiger partial charge in [0.2, 0.25) is 5.91 Å². The van der Waals surface area contributed by atoms with Crippen molar-refractivity contribution in [3.8, 4) is 5.75 Å². The smallest absolute Gasteiger partial charge is 0.252 e. The van der Waals surface area contributed by atoms with Crippen LogP contribution in [0.15, 0.2) is 82.4 Å². The maximum atomic E-state index is 12.4. The highest BCUT2D eigenvalue weighted by molar-refractivity contribution is 9.10. The molecular weight excluding hydrogens is 470 g/mol. The summed E-state index contributed by atoms with van der Waals surface area (Å²) in [5, 5.41) is 6.73. The molecule has 0 aliphatic carbocycles. The van der Waals surface area contributed by atoms with Gasteiger partial charge >= 0.3 is 0 Å². The van der Waals surface area contributed by atoms with Gasteiger partial charge in [0.25, 0.3) is 5.91 Å². The Balaban J connectivity index is 1.56. The second-order valence-corrected chi connectivity index (χ2v) is 8.09. The lowest BCUT2D eigenvalue weighted by molar-refractivity contribution is -0.131. The van der Waals surface area contributed by atoms with Crippen LogP contribution in [-0.4, -0.2) is 18.0 Å². The van der Waals surface area contributed by atoms with Crippen LogP contribution in [-0.2, 0) is 16.2 Å². The molecule has 3 aromatic carbocycles. The van der Waals surface area contributed by atoms with E-state index in [1.54, 1.807) is 12.1 Å². The highest BCUT2D eigenvalue weighted by atomic mass is 79.9. The third-order valence-electron chi connectivity index (χ3n) is 4.73. The molecule has 1 unspecified atom stereocenters. The molecule has 7 heteroatoms. The van der Waals surface area contributed by atoms with Gasteiger partial charge in [0.05, 0.1) is 11.9 Å². The van der Waals surface area contributed by atoms with E-state index in [9.17, 15) is 9.59 Å². The number of amides is 2. The molecule has 0 radical (unpaired) electrons. The van der Waals surface area contributed by atoms with Crippen LogP contribution in [0.3, 0.4) is 0 Å². The van der Waals surface area contributed by atoms with E-state index in [0.717, 1.165) is 10.0 Å². The number of nitrogens with one attached hydrogen (secondary N) is 2. The van der Waals surface area contributed by atoms with Crippen LogP contribution in [0.1, 0.15) is 23.6 Å². The molecule has 32 heavy (non-hydrogen) atoms. The van der Waals surface area contributed by atoms with Crippen molar-refractivity contribution in [2.75, 3.05) is 5.32 Å². The summed E-state index contributed by atoms with van der Waals surface area (Å²) in [5.74, 6) is -1.21. The number of ether oxygens (including phenoxy) is 1. The minimum absolute atomic E-state index is 0.420. The summed E-state index contributed by atoms with van der Waals surface area (Å²) in [7, 11) is 0. The first-order valence-corrected chi connectivity index (χ1v) is 10.9. The van der Waals surface area contributed by atoms with Gasteiger partial charge in [0.1, 0.15) is 18.3 Å². The average molecular weight is 494 g/mol. The number of hydrazone groups is 1. The van der Waals surface area contributed by atoms with Gasteiger partial charge in [0, 0.05) is 10.0 Å². The van der Waals surface area contributed by atoms with E-state index in [-0.39, 0.29) is 0 Å². The standard InChI is InChI=1S/C25H24BrN3O3/c1-17-11-13-19(14-12-17)16-32-23-10-6-3-7-20(23)15-27-29-25(31)18(2)24(30)28-22-9-5-4-8-21(22)26/h3-15,18H,16H2,1-2H3,(H,28,30)(H,29,31). The van der Waals surface area contributed by atoms with Crippen molar-refractivity contribution in [2.45, 2.75) is 20.5 Å². The molecule has 0 aromatic heterocycles. The molecule has 0 fully saturated rings. The van der Waals surface area contributed by atoms with Gasteiger partial charge in [-0.2, -0.15) is 5.10 Å². The van der Waals surface area contributed by atoms with Gasteiger partial charge in [-0.3, -0.25) is 9.59 Å². The third-order valence-corrected chi connectivity index (χ3v) is 5.42. The van der Waals surface area contributed by atoms with E-state index in [4.69, 9.17) is 4.74 Å². The van der Waals surface area contributed by atoms with Crippen molar-refractivity contribution >= 4 is 39.6 Å². The number of hydrogen-bond donors (Lipinski definition) is 2. The SMILES string of the molecule is Cc1ccc(COc2ccccc2C=NNC(=O)C(C)C(=O)Nc2ccccc2Br)cc1. The number of para-hydroxylation sites is 2. The van der Waals surface area contributed by atoms with Crippen molar-refractivity contribution in [3.63, 3.8) is 0 Å². The van der Waals surface area contributed by atoms with E-state index in [1.165, 1.54) is 18.7 Å². The summed E-state index contributed by atoms with van der Waals surface area (Å²) >= 11 is 3.37. The number of anilines is 1. The summed E-state index contributed by atoms with van der Waals surface area (Å²) in [6, 6.07) is 22.7. The van der Waals surface area contributed by atoms with E-state index in [2.05, 4.69) is 31.8 Å². The predicted octanol–water partition coefficient (Wildman–Crippen LogP) is 5.06. The topological polar surface area (TPSA) is 79.8 Å². The zero-order valence-corrected chi connectivity index (χ0v) is 19.4. The van der Waals surface area contributed by atoms with Crippen molar-refractivity contribution in [2.24, 2.45) is 11.0 Å². The number of carbonyl (C=O) groups is 2. The van der Waals surface area contributed by atoms with Crippen molar-refractivity contribution in [1.82, 2.24) is 5.43 Å². The number of nitrogens with zero attached hydrogens (tertiary/aromatic N) is 1. The number of carbonyl (C=O) groups excluding carboxylic acids is 2. The van der Waals surface area contributed by atoms with Crippen LogP contribution >= 0.6 is 15.9 Å². The van der Waals surface area contributed by atoms with Gasteiger partial charge in [-0.05, 0) is 59.6 Å². The fourth-order valence-electron chi connectivity index (χ4n) is 2.75. The Kier molecular flexibility index (Phi) is 8.16. The Labute approximate surface area is 195 Å². The van der Waals surface area contributed by atoms with Crippen LogP contribution in [0.5, 0.6) is 5.75 Å². The highest BCUT2D eigenvalue weighted by Gasteiger charge is 2.21. The van der Waals surface area contributed by atoms with E-state index in [0.29, 0.717) is 23.6 Å². The monoisotopic (exact) mass is 493 g/mol. The Morgan fingerprint density at radius 2 is 1.69 bits per heavy atom. The summed E-state index contributed by atoms with van der Waals surface area (Å²) in [4.78, 5) is 24.7. The first-order valence-electron chi connectivity index (χ1n) is 10.1. The normalized spacial score (nSPS) is 11.7. The Hall–Kier alpha value is -3.45. The highest BCUT2D eigenvalue weighted by Crippen LogP contribution is 2.22. The molecule has 2 N–H and O–H groups in total. The van der Waals surface area contributed by atoms with Gasteiger partial charge in [0.15, 0.2) is 0 Å². The molecule has 2 amide bonds. The molecule has 0 aliphatic heterocycles. The average Bonchev–Trinajstić information content (AvgIpc) is 2.80. The van der Waals surface area contributed by atoms with Gasteiger partial charge in [-0.25, -0.2) is 5.43 Å². The van der Waals surface area contributed by atoms with Gasteiger partial charge < -0.3 is 10.1 Å². The molecule has 0 saturated heterocycles. The molecule has 0 aliphatic rings. The Morgan fingerprint density at radius 1 is 1.00 bits per heavy atom. The number of benzene rings is 3. The summed E-state index contributed by atoms with van der Waals surface area (Å²) in [5.41, 5.74) is 5.98. The molecule has 0 heterocycles. The number of halogens is 1. The first kappa shape index (κ1) is 23.2. The van der Waals surface area contributed by atoms with E-state index < -0.39 is 17.7 Å².